The monoisotopic (exact) mass is 426 g/mol. The first-order valence-corrected chi connectivity index (χ1v) is 11.9. The maximum Gasteiger partial charge on any atom is 0.320 e. The Kier molecular flexibility index (Phi) is 6.29. The molecule has 1 aromatic rings. The number of carbonyl (C=O) groups is 2. The van der Waals surface area contributed by atoms with E-state index < -0.39 is 0 Å². The van der Waals surface area contributed by atoms with Gasteiger partial charge in [-0.15, -0.1) is 0 Å². The standard InChI is InChI=1S/C25H38N4O2/c1-26-22(30)12-17-28-19-24(29(23(28)31)18-20-8-7-9-20)13-15-25(16-14-24,27(2)3)21-10-5-4-6-11-21/h4-6,10-11,20H,7-9,12-19H2,1-3H3,(H,26,30)/t24-,25+. The van der Waals surface area contributed by atoms with Crippen molar-refractivity contribution in [3.05, 3.63) is 35.9 Å². The average molecular weight is 427 g/mol. The maximum absolute atomic E-state index is 13.4. The molecule has 0 unspecified atom stereocenters. The fraction of sp³-hybridized carbons (Fsp3) is 0.680. The molecule has 0 bridgehead atoms. The lowest BCUT2D eigenvalue weighted by Gasteiger charge is -2.51. The minimum Gasteiger partial charge on any atom is -0.359 e. The quantitative estimate of drug-likeness (QED) is 0.727. The van der Waals surface area contributed by atoms with Gasteiger partial charge in [-0.05, 0) is 64.1 Å². The Balaban J connectivity index is 1.55. The summed E-state index contributed by atoms with van der Waals surface area (Å²) in [6, 6.07) is 11.0. The Morgan fingerprint density at radius 1 is 1.13 bits per heavy atom. The molecule has 0 aromatic heterocycles. The lowest BCUT2D eigenvalue weighted by Crippen LogP contribution is -2.56. The van der Waals surface area contributed by atoms with E-state index in [1.54, 1.807) is 7.05 Å². The van der Waals surface area contributed by atoms with Crippen molar-refractivity contribution in [1.82, 2.24) is 20.0 Å². The van der Waals surface area contributed by atoms with Gasteiger partial charge in [0.25, 0.3) is 0 Å². The van der Waals surface area contributed by atoms with Crippen molar-refractivity contribution < 1.29 is 9.59 Å². The first kappa shape index (κ1) is 22.1. The number of nitrogens with one attached hydrogen (secondary N) is 1. The Bertz CT molecular complexity index is 782. The van der Waals surface area contributed by atoms with Crippen molar-refractivity contribution in [1.29, 1.82) is 0 Å². The van der Waals surface area contributed by atoms with Crippen LogP contribution < -0.4 is 5.32 Å². The van der Waals surface area contributed by atoms with E-state index in [1.165, 1.54) is 24.8 Å². The van der Waals surface area contributed by atoms with Gasteiger partial charge in [0, 0.05) is 38.6 Å². The number of carbonyl (C=O) groups excluding carboxylic acids is 2. The van der Waals surface area contributed by atoms with Crippen LogP contribution in [0.2, 0.25) is 0 Å². The molecule has 6 nitrogen and oxygen atoms in total. The Morgan fingerprint density at radius 3 is 2.35 bits per heavy atom. The van der Waals surface area contributed by atoms with Crippen molar-refractivity contribution in [2.24, 2.45) is 5.92 Å². The molecular formula is C25H38N4O2. The van der Waals surface area contributed by atoms with E-state index in [0.29, 0.717) is 18.9 Å². The molecule has 1 spiro atoms. The summed E-state index contributed by atoms with van der Waals surface area (Å²) < 4.78 is 0. The molecular weight excluding hydrogens is 388 g/mol. The van der Waals surface area contributed by atoms with Gasteiger partial charge in [0.15, 0.2) is 0 Å². The molecule has 2 aliphatic carbocycles. The molecule has 1 aromatic carbocycles. The van der Waals surface area contributed by atoms with Crippen molar-refractivity contribution in [2.45, 2.75) is 62.4 Å². The third kappa shape index (κ3) is 4.07. The smallest absolute Gasteiger partial charge is 0.320 e. The summed E-state index contributed by atoms with van der Waals surface area (Å²) in [5.74, 6) is 0.646. The molecule has 6 heteroatoms. The average Bonchev–Trinajstić information content (AvgIpc) is 3.00. The summed E-state index contributed by atoms with van der Waals surface area (Å²) in [6.07, 6.45) is 8.25. The predicted molar refractivity (Wildman–Crippen MR) is 123 cm³/mol. The van der Waals surface area contributed by atoms with Crippen molar-refractivity contribution in [3.8, 4) is 0 Å². The third-order valence-electron chi connectivity index (χ3n) is 8.29. The van der Waals surface area contributed by atoms with Gasteiger partial charge < -0.3 is 15.1 Å². The Morgan fingerprint density at radius 2 is 1.81 bits per heavy atom. The molecule has 0 atom stereocenters. The number of nitrogens with zero attached hydrogens (tertiary/aromatic N) is 3. The first-order chi connectivity index (χ1) is 14.9. The van der Waals surface area contributed by atoms with E-state index >= 15 is 0 Å². The lowest BCUT2D eigenvalue weighted by molar-refractivity contribution is -0.120. The molecule has 170 valence electrons. The molecule has 4 rings (SSSR count). The Hall–Kier alpha value is -2.08. The number of rotatable bonds is 7. The van der Waals surface area contributed by atoms with Gasteiger partial charge in [0.1, 0.15) is 0 Å². The molecule has 3 amide bonds. The van der Waals surface area contributed by atoms with Crippen LogP contribution in [0.25, 0.3) is 0 Å². The van der Waals surface area contributed by atoms with Crippen LogP contribution in [0.4, 0.5) is 4.79 Å². The molecule has 0 radical (unpaired) electrons. The van der Waals surface area contributed by atoms with Gasteiger partial charge in [-0.1, -0.05) is 36.8 Å². The minimum absolute atomic E-state index is 0.00126. The summed E-state index contributed by atoms with van der Waals surface area (Å²) in [6.45, 7) is 2.16. The highest BCUT2D eigenvalue weighted by Crippen LogP contribution is 2.49. The molecule has 1 heterocycles. The number of urea groups is 1. The highest BCUT2D eigenvalue weighted by atomic mass is 16.2. The highest BCUT2D eigenvalue weighted by molar-refractivity contribution is 5.80. The minimum atomic E-state index is -0.0936. The van der Waals surface area contributed by atoms with Gasteiger partial charge in [-0.25, -0.2) is 4.79 Å². The van der Waals surface area contributed by atoms with Crippen LogP contribution in [0.3, 0.4) is 0 Å². The largest absolute Gasteiger partial charge is 0.359 e. The second kappa shape index (κ2) is 8.81. The van der Waals surface area contributed by atoms with E-state index in [1.807, 2.05) is 4.90 Å². The zero-order valence-electron chi connectivity index (χ0n) is 19.4. The zero-order chi connectivity index (χ0) is 22.1. The molecule has 1 aliphatic heterocycles. The van der Waals surface area contributed by atoms with Gasteiger partial charge in [-0.3, -0.25) is 9.69 Å². The molecule has 2 saturated carbocycles. The summed E-state index contributed by atoms with van der Waals surface area (Å²) in [5.41, 5.74) is 1.30. The highest BCUT2D eigenvalue weighted by Gasteiger charge is 2.54. The van der Waals surface area contributed by atoms with Crippen LogP contribution in [-0.4, -0.2) is 73.0 Å². The van der Waals surface area contributed by atoms with Crippen molar-refractivity contribution >= 4 is 11.9 Å². The second-order valence-electron chi connectivity index (χ2n) is 10.1. The summed E-state index contributed by atoms with van der Waals surface area (Å²) in [5, 5.41) is 2.68. The van der Waals surface area contributed by atoms with E-state index in [9.17, 15) is 9.59 Å². The SMILES string of the molecule is CNC(=O)CCN1C[C@]2(CC[C@](c3ccccc3)(N(C)C)CC2)N(CC2CCC2)C1=O. The maximum atomic E-state index is 13.4. The predicted octanol–water partition coefficient (Wildman–Crippen LogP) is 3.43. The normalized spacial score (nSPS) is 29.0. The molecule has 1 N–H and O–H groups in total. The molecule has 3 fully saturated rings. The van der Waals surface area contributed by atoms with E-state index in [0.717, 1.165) is 38.8 Å². The van der Waals surface area contributed by atoms with E-state index in [2.05, 4.69) is 59.5 Å². The van der Waals surface area contributed by atoms with Gasteiger partial charge in [-0.2, -0.15) is 0 Å². The molecule has 3 aliphatic rings. The van der Waals surface area contributed by atoms with E-state index in [-0.39, 0.29) is 23.0 Å². The second-order valence-corrected chi connectivity index (χ2v) is 10.1. The van der Waals surface area contributed by atoms with Gasteiger partial charge >= 0.3 is 6.03 Å². The van der Waals surface area contributed by atoms with Crippen molar-refractivity contribution in [3.63, 3.8) is 0 Å². The van der Waals surface area contributed by atoms with Crippen LogP contribution in [0, 0.1) is 5.92 Å². The van der Waals surface area contributed by atoms with Gasteiger partial charge in [0.05, 0.1) is 5.54 Å². The summed E-state index contributed by atoms with van der Waals surface area (Å²) in [4.78, 5) is 31.8. The van der Waals surface area contributed by atoms with Crippen molar-refractivity contribution in [2.75, 3.05) is 40.8 Å². The fourth-order valence-electron chi connectivity index (χ4n) is 5.92. The lowest BCUT2D eigenvalue weighted by atomic mass is 9.68. The number of hydrogen-bond donors (Lipinski definition) is 1. The molecule has 31 heavy (non-hydrogen) atoms. The number of amides is 3. The number of benzene rings is 1. The topological polar surface area (TPSA) is 55.9 Å². The van der Waals surface area contributed by atoms with E-state index in [4.69, 9.17) is 0 Å². The number of hydrogen-bond acceptors (Lipinski definition) is 3. The third-order valence-corrected chi connectivity index (χ3v) is 8.29. The summed E-state index contributed by atoms with van der Waals surface area (Å²) >= 11 is 0. The molecule has 1 saturated heterocycles. The first-order valence-electron chi connectivity index (χ1n) is 11.9. The van der Waals surface area contributed by atoms with Crippen LogP contribution in [0.15, 0.2) is 30.3 Å². The summed E-state index contributed by atoms with van der Waals surface area (Å²) in [7, 11) is 6.03. The van der Waals surface area contributed by atoms with Gasteiger partial charge in [0.2, 0.25) is 5.91 Å². The Labute approximate surface area is 187 Å². The van der Waals surface area contributed by atoms with Crippen LogP contribution >= 0.6 is 0 Å². The van der Waals surface area contributed by atoms with Crippen LogP contribution in [-0.2, 0) is 10.3 Å². The zero-order valence-corrected chi connectivity index (χ0v) is 19.4. The fourth-order valence-corrected chi connectivity index (χ4v) is 5.92. The van der Waals surface area contributed by atoms with Crippen LogP contribution in [0.1, 0.15) is 56.9 Å². The van der Waals surface area contributed by atoms with Crippen LogP contribution in [0.5, 0.6) is 0 Å².